The van der Waals surface area contributed by atoms with Crippen LogP contribution in [0.5, 0.6) is 0 Å². The van der Waals surface area contributed by atoms with Crippen LogP contribution in [-0.4, -0.2) is 40.4 Å². The van der Waals surface area contributed by atoms with Crippen LogP contribution in [0.1, 0.15) is 10.5 Å². The van der Waals surface area contributed by atoms with Crippen LogP contribution in [0.4, 0.5) is 0 Å². The lowest BCUT2D eigenvalue weighted by molar-refractivity contribution is 0.0939. The number of aliphatic hydroxyl groups excluding tert-OH is 1. The fraction of sp³-hybridized carbons (Fsp3) is 0.375. The van der Waals surface area contributed by atoms with E-state index in [0.29, 0.717) is 5.16 Å². The molecule has 2 N–H and O–H groups in total. The van der Waals surface area contributed by atoms with Crippen molar-refractivity contribution in [1.29, 1.82) is 0 Å². The first-order valence-electron chi connectivity index (χ1n) is 4.14. The Labute approximate surface area is 96.3 Å². The number of hydrogen-bond donors (Lipinski definition) is 2. The van der Waals surface area contributed by atoms with E-state index in [1.54, 1.807) is 6.26 Å². The van der Waals surface area contributed by atoms with Crippen LogP contribution in [0.15, 0.2) is 11.4 Å². The number of halogens is 1. The fourth-order valence-electron chi connectivity index (χ4n) is 0.862. The van der Waals surface area contributed by atoms with Crippen molar-refractivity contribution in [1.82, 2.24) is 15.3 Å². The van der Waals surface area contributed by atoms with Crippen molar-refractivity contribution in [2.75, 3.05) is 19.4 Å². The lowest BCUT2D eigenvalue weighted by Crippen LogP contribution is -2.27. The molecule has 0 saturated carbocycles. The Balaban J connectivity index is 2.86. The number of hydrogen-bond acceptors (Lipinski definition) is 5. The molecule has 1 aromatic rings. The second kappa shape index (κ2) is 5.89. The molecule has 0 atom stereocenters. The van der Waals surface area contributed by atoms with E-state index in [9.17, 15) is 4.79 Å². The molecule has 1 rings (SSSR count). The van der Waals surface area contributed by atoms with Gasteiger partial charge in [0.25, 0.3) is 5.91 Å². The maximum absolute atomic E-state index is 11.5. The Hall–Kier alpha value is -0.850. The van der Waals surface area contributed by atoms with Crippen LogP contribution in [-0.2, 0) is 0 Å². The number of rotatable bonds is 4. The monoisotopic (exact) mass is 247 g/mol. The summed E-state index contributed by atoms with van der Waals surface area (Å²) in [6.07, 6.45) is 3.19. The van der Waals surface area contributed by atoms with E-state index in [2.05, 4.69) is 15.3 Å². The molecule has 7 heteroatoms. The Kier molecular flexibility index (Phi) is 4.80. The van der Waals surface area contributed by atoms with E-state index >= 15 is 0 Å². The molecular formula is C8H10ClN3O2S. The first-order chi connectivity index (χ1) is 7.19. The number of carbonyl (C=O) groups excluding carboxylic acids is 1. The highest BCUT2D eigenvalue weighted by molar-refractivity contribution is 7.98. The van der Waals surface area contributed by atoms with Gasteiger partial charge in [-0.05, 0) is 6.26 Å². The van der Waals surface area contributed by atoms with Crippen molar-refractivity contribution in [3.63, 3.8) is 0 Å². The summed E-state index contributed by atoms with van der Waals surface area (Å²) in [5.41, 5.74) is 0.129. The molecule has 0 aromatic carbocycles. The molecule has 1 heterocycles. The highest BCUT2D eigenvalue weighted by Crippen LogP contribution is 2.16. The Morgan fingerprint density at radius 3 is 3.07 bits per heavy atom. The minimum absolute atomic E-state index is 0.121. The highest BCUT2D eigenvalue weighted by atomic mass is 35.5. The van der Waals surface area contributed by atoms with Gasteiger partial charge in [-0.1, -0.05) is 23.4 Å². The molecule has 0 aliphatic carbocycles. The third-order valence-corrected chi connectivity index (χ3v) is 2.36. The van der Waals surface area contributed by atoms with Gasteiger partial charge in [-0.15, -0.1) is 0 Å². The van der Waals surface area contributed by atoms with E-state index in [4.69, 9.17) is 16.7 Å². The molecule has 0 bridgehead atoms. The second-order valence-electron chi connectivity index (χ2n) is 2.53. The Morgan fingerprint density at radius 1 is 1.73 bits per heavy atom. The molecule has 0 fully saturated rings. The van der Waals surface area contributed by atoms with Crippen molar-refractivity contribution in [2.24, 2.45) is 0 Å². The zero-order valence-corrected chi connectivity index (χ0v) is 9.60. The van der Waals surface area contributed by atoms with Crippen molar-refractivity contribution in [2.45, 2.75) is 5.16 Å². The summed E-state index contributed by atoms with van der Waals surface area (Å²) in [5, 5.41) is 11.7. The molecular weight excluding hydrogens is 238 g/mol. The molecule has 1 amide bonds. The maximum Gasteiger partial charge on any atom is 0.271 e. The molecule has 0 unspecified atom stereocenters. The molecule has 0 spiro atoms. The molecule has 5 nitrogen and oxygen atoms in total. The number of aliphatic hydroxyl groups is 1. The molecule has 0 aliphatic rings. The van der Waals surface area contributed by atoms with Gasteiger partial charge < -0.3 is 10.4 Å². The molecule has 0 radical (unpaired) electrons. The van der Waals surface area contributed by atoms with Crippen LogP contribution in [0.3, 0.4) is 0 Å². The maximum atomic E-state index is 11.5. The van der Waals surface area contributed by atoms with E-state index in [-0.39, 0.29) is 23.9 Å². The molecule has 0 saturated heterocycles. The van der Waals surface area contributed by atoms with Gasteiger partial charge in [-0.25, -0.2) is 9.97 Å². The normalized spacial score (nSPS) is 10.1. The smallest absolute Gasteiger partial charge is 0.271 e. The number of nitrogens with zero attached hydrogens (tertiary/aromatic N) is 2. The molecule has 82 valence electrons. The van der Waals surface area contributed by atoms with E-state index in [0.717, 1.165) is 0 Å². The van der Waals surface area contributed by atoms with Gasteiger partial charge >= 0.3 is 0 Å². The first-order valence-corrected chi connectivity index (χ1v) is 5.75. The van der Waals surface area contributed by atoms with Crippen LogP contribution in [0.2, 0.25) is 5.02 Å². The van der Waals surface area contributed by atoms with Gasteiger partial charge in [0.2, 0.25) is 0 Å². The van der Waals surface area contributed by atoms with Gasteiger partial charge in [-0.3, -0.25) is 4.79 Å². The third kappa shape index (κ3) is 3.33. The quantitative estimate of drug-likeness (QED) is 0.601. The van der Waals surface area contributed by atoms with Gasteiger partial charge in [-0.2, -0.15) is 0 Å². The van der Waals surface area contributed by atoms with Crippen molar-refractivity contribution in [3.05, 3.63) is 16.9 Å². The van der Waals surface area contributed by atoms with Crippen LogP contribution in [0, 0.1) is 0 Å². The largest absolute Gasteiger partial charge is 0.395 e. The number of carbonyl (C=O) groups is 1. The Morgan fingerprint density at radius 2 is 2.47 bits per heavy atom. The average Bonchev–Trinajstić information content (AvgIpc) is 2.26. The van der Waals surface area contributed by atoms with Crippen LogP contribution >= 0.6 is 23.4 Å². The van der Waals surface area contributed by atoms with Crippen LogP contribution < -0.4 is 5.32 Å². The van der Waals surface area contributed by atoms with Gasteiger partial charge in [0.15, 0.2) is 10.9 Å². The topological polar surface area (TPSA) is 75.1 Å². The zero-order chi connectivity index (χ0) is 11.3. The lowest BCUT2D eigenvalue weighted by atomic mass is 10.4. The highest BCUT2D eigenvalue weighted by Gasteiger charge is 2.12. The second-order valence-corrected chi connectivity index (χ2v) is 3.71. The van der Waals surface area contributed by atoms with E-state index in [1.807, 2.05) is 0 Å². The summed E-state index contributed by atoms with van der Waals surface area (Å²) in [6, 6.07) is 0. The van der Waals surface area contributed by atoms with Crippen molar-refractivity contribution < 1.29 is 9.90 Å². The van der Waals surface area contributed by atoms with E-state index in [1.165, 1.54) is 18.0 Å². The molecule has 0 aliphatic heterocycles. The number of thioether (sulfide) groups is 1. The van der Waals surface area contributed by atoms with E-state index < -0.39 is 5.91 Å². The molecule has 15 heavy (non-hydrogen) atoms. The molecule has 1 aromatic heterocycles. The summed E-state index contributed by atoms with van der Waals surface area (Å²) >= 11 is 7.09. The van der Waals surface area contributed by atoms with Crippen molar-refractivity contribution >= 4 is 29.3 Å². The summed E-state index contributed by atoms with van der Waals surface area (Å²) in [4.78, 5) is 19.4. The van der Waals surface area contributed by atoms with Crippen molar-refractivity contribution in [3.8, 4) is 0 Å². The first kappa shape index (κ1) is 12.2. The minimum atomic E-state index is -0.410. The summed E-state index contributed by atoms with van der Waals surface area (Å²) in [7, 11) is 0. The van der Waals surface area contributed by atoms with Crippen LogP contribution in [0.25, 0.3) is 0 Å². The zero-order valence-electron chi connectivity index (χ0n) is 8.03. The summed E-state index contributed by atoms with van der Waals surface area (Å²) < 4.78 is 0. The summed E-state index contributed by atoms with van der Waals surface area (Å²) in [6.45, 7) is 0.0532. The number of aromatic nitrogens is 2. The average molecular weight is 248 g/mol. The number of nitrogens with one attached hydrogen (secondary N) is 1. The van der Waals surface area contributed by atoms with Gasteiger partial charge in [0.05, 0.1) is 17.8 Å². The minimum Gasteiger partial charge on any atom is -0.395 e. The standard InChI is InChI=1S/C8H10ClN3O2S/c1-15-8-11-4-5(9)6(12-8)7(14)10-2-3-13/h4,13H,2-3H2,1H3,(H,10,14). The number of amides is 1. The predicted molar refractivity (Wildman–Crippen MR) is 58.2 cm³/mol. The summed E-state index contributed by atoms with van der Waals surface area (Å²) in [5.74, 6) is -0.410. The Bertz CT molecular complexity index is 362. The lowest BCUT2D eigenvalue weighted by Gasteiger charge is -2.04. The van der Waals surface area contributed by atoms with Gasteiger partial charge in [0.1, 0.15) is 0 Å². The predicted octanol–water partition coefficient (Wildman–Crippen LogP) is 0.574. The third-order valence-electron chi connectivity index (χ3n) is 1.52. The fourth-order valence-corrected chi connectivity index (χ4v) is 1.38. The van der Waals surface area contributed by atoms with Gasteiger partial charge in [0, 0.05) is 6.54 Å². The SMILES string of the molecule is CSc1ncc(Cl)c(C(=O)NCCO)n1.